The Morgan fingerprint density at radius 2 is 1.75 bits per heavy atom. The second kappa shape index (κ2) is 7.24. The van der Waals surface area contributed by atoms with E-state index < -0.39 is 11.6 Å². The lowest BCUT2D eigenvalue weighted by Gasteiger charge is -2.40. The Hall–Kier alpha value is -2.34. The summed E-state index contributed by atoms with van der Waals surface area (Å²) in [5, 5.41) is 1.19. The van der Waals surface area contributed by atoms with E-state index in [4.69, 9.17) is 0 Å². The highest BCUT2D eigenvalue weighted by Gasteiger charge is 2.51. The fourth-order valence-electron chi connectivity index (χ4n) is 4.01. The van der Waals surface area contributed by atoms with Crippen LogP contribution in [0.3, 0.4) is 0 Å². The van der Waals surface area contributed by atoms with Gasteiger partial charge in [0.05, 0.1) is 10.9 Å². The summed E-state index contributed by atoms with van der Waals surface area (Å²) in [6.45, 7) is 3.15. The summed E-state index contributed by atoms with van der Waals surface area (Å²) >= 11 is 0. The first kappa shape index (κ1) is 19.0. The number of halogens is 3. The highest BCUT2D eigenvalue weighted by molar-refractivity contribution is 5.85. The fourth-order valence-corrected chi connectivity index (χ4v) is 4.01. The first-order valence-electron chi connectivity index (χ1n) is 9.66. The van der Waals surface area contributed by atoms with Crippen molar-refractivity contribution in [3.8, 4) is 5.69 Å². The van der Waals surface area contributed by atoms with E-state index in [0.29, 0.717) is 13.1 Å². The smallest absolute Gasteiger partial charge is 0.316 e. The van der Waals surface area contributed by atoms with E-state index >= 15 is 0 Å². The number of alkyl halides is 3. The van der Waals surface area contributed by atoms with Crippen molar-refractivity contribution in [1.82, 2.24) is 14.5 Å². The molecule has 6 heteroatoms. The molecular formula is C22H24F3N3. The lowest BCUT2D eigenvalue weighted by molar-refractivity contribution is -0.230. The summed E-state index contributed by atoms with van der Waals surface area (Å²) in [6, 6.07) is 12.3. The zero-order valence-electron chi connectivity index (χ0n) is 15.9. The molecule has 1 aliphatic rings. The molecule has 148 valence electrons. The molecule has 0 radical (unpaired) electrons. The molecule has 0 unspecified atom stereocenters. The number of benzene rings is 1. The van der Waals surface area contributed by atoms with Gasteiger partial charge in [0, 0.05) is 36.2 Å². The molecule has 0 spiro atoms. The van der Waals surface area contributed by atoms with Crippen molar-refractivity contribution >= 4 is 10.9 Å². The van der Waals surface area contributed by atoms with Gasteiger partial charge < -0.3 is 9.47 Å². The molecule has 0 aliphatic carbocycles. The maximum absolute atomic E-state index is 13.2. The van der Waals surface area contributed by atoms with Crippen LogP contribution >= 0.6 is 0 Å². The zero-order chi connectivity index (χ0) is 19.8. The number of rotatable bonds is 4. The van der Waals surface area contributed by atoms with Gasteiger partial charge in [-0.15, -0.1) is 0 Å². The van der Waals surface area contributed by atoms with Gasteiger partial charge in [0.15, 0.2) is 0 Å². The molecule has 4 rings (SSSR count). The molecule has 0 N–H and O–H groups in total. The SMILES string of the molecule is CC1(C(F)(F)F)CCN(CCc2cccc3c2ccn3-c2ccncc2)CC1. The molecule has 2 aromatic heterocycles. The van der Waals surface area contributed by atoms with Gasteiger partial charge in [-0.25, -0.2) is 0 Å². The van der Waals surface area contributed by atoms with Gasteiger partial charge in [0.25, 0.3) is 0 Å². The number of hydrogen-bond acceptors (Lipinski definition) is 2. The predicted molar refractivity (Wildman–Crippen MR) is 105 cm³/mol. The first-order valence-corrected chi connectivity index (χ1v) is 9.66. The molecular weight excluding hydrogens is 363 g/mol. The maximum Gasteiger partial charge on any atom is 0.394 e. The molecule has 1 aliphatic heterocycles. The quantitative estimate of drug-likeness (QED) is 0.611. The van der Waals surface area contributed by atoms with Crippen LogP contribution in [0, 0.1) is 5.41 Å². The molecule has 1 aromatic carbocycles. The van der Waals surface area contributed by atoms with Gasteiger partial charge >= 0.3 is 6.18 Å². The van der Waals surface area contributed by atoms with Crippen LogP contribution in [-0.2, 0) is 6.42 Å². The van der Waals surface area contributed by atoms with E-state index in [-0.39, 0.29) is 12.8 Å². The van der Waals surface area contributed by atoms with Crippen LogP contribution in [0.2, 0.25) is 0 Å². The van der Waals surface area contributed by atoms with E-state index in [1.807, 2.05) is 18.2 Å². The molecule has 0 atom stereocenters. The molecule has 1 saturated heterocycles. The van der Waals surface area contributed by atoms with E-state index in [1.54, 1.807) is 12.4 Å². The van der Waals surface area contributed by atoms with Crippen molar-refractivity contribution in [3.63, 3.8) is 0 Å². The second-order valence-electron chi connectivity index (χ2n) is 7.89. The minimum Gasteiger partial charge on any atom is -0.316 e. The normalized spacial score (nSPS) is 17.9. The Bertz CT molecular complexity index is 939. The Kier molecular flexibility index (Phi) is 4.91. The molecule has 28 heavy (non-hydrogen) atoms. The Morgan fingerprint density at radius 3 is 2.43 bits per heavy atom. The molecule has 0 bridgehead atoms. The number of nitrogens with zero attached hydrogens (tertiary/aromatic N) is 3. The third-order valence-corrected chi connectivity index (χ3v) is 6.11. The summed E-state index contributed by atoms with van der Waals surface area (Å²) in [5.74, 6) is 0. The van der Waals surface area contributed by atoms with Crippen molar-refractivity contribution in [2.24, 2.45) is 5.41 Å². The van der Waals surface area contributed by atoms with Gasteiger partial charge in [0.2, 0.25) is 0 Å². The van der Waals surface area contributed by atoms with Crippen molar-refractivity contribution < 1.29 is 13.2 Å². The Morgan fingerprint density at radius 1 is 1.04 bits per heavy atom. The Balaban J connectivity index is 1.46. The number of pyridine rings is 1. The van der Waals surface area contributed by atoms with Gasteiger partial charge in [-0.3, -0.25) is 4.98 Å². The van der Waals surface area contributed by atoms with Crippen LogP contribution in [0.1, 0.15) is 25.3 Å². The van der Waals surface area contributed by atoms with Gasteiger partial charge in [-0.2, -0.15) is 13.2 Å². The standard InChI is InChI=1S/C22H24F3N3/c1-21(22(23,24)25)9-15-27(16-10-21)13-7-17-3-2-4-20-19(17)8-14-28(20)18-5-11-26-12-6-18/h2-6,8,11-12,14H,7,9-10,13,15-16H2,1H3. The number of likely N-dealkylation sites (tertiary alicyclic amines) is 1. The van der Waals surface area contributed by atoms with Gasteiger partial charge in [0.1, 0.15) is 0 Å². The third kappa shape index (κ3) is 3.53. The van der Waals surface area contributed by atoms with E-state index in [0.717, 1.165) is 24.2 Å². The molecule has 0 saturated carbocycles. The first-order chi connectivity index (χ1) is 13.4. The highest BCUT2D eigenvalue weighted by Crippen LogP contribution is 2.45. The topological polar surface area (TPSA) is 21.1 Å². The summed E-state index contributed by atoms with van der Waals surface area (Å²) in [7, 11) is 0. The Labute approximate surface area is 162 Å². The molecule has 3 heterocycles. The molecule has 3 nitrogen and oxygen atoms in total. The number of hydrogen-bond donors (Lipinski definition) is 0. The average Bonchev–Trinajstić information content (AvgIpc) is 3.12. The molecule has 0 amide bonds. The second-order valence-corrected chi connectivity index (χ2v) is 7.89. The van der Waals surface area contributed by atoms with E-state index in [9.17, 15) is 13.2 Å². The maximum atomic E-state index is 13.2. The predicted octanol–water partition coefficient (Wildman–Crippen LogP) is 5.23. The lowest BCUT2D eigenvalue weighted by atomic mass is 9.79. The zero-order valence-corrected chi connectivity index (χ0v) is 15.9. The summed E-state index contributed by atoms with van der Waals surface area (Å²) < 4.78 is 41.7. The van der Waals surface area contributed by atoms with Crippen LogP contribution in [-0.4, -0.2) is 40.3 Å². The van der Waals surface area contributed by atoms with Crippen molar-refractivity contribution in [3.05, 3.63) is 60.6 Å². The van der Waals surface area contributed by atoms with Crippen LogP contribution in [0.5, 0.6) is 0 Å². The number of fused-ring (bicyclic) bond motifs is 1. The monoisotopic (exact) mass is 387 g/mol. The average molecular weight is 387 g/mol. The van der Waals surface area contributed by atoms with Crippen molar-refractivity contribution in [2.75, 3.05) is 19.6 Å². The van der Waals surface area contributed by atoms with Crippen LogP contribution in [0.4, 0.5) is 13.2 Å². The largest absolute Gasteiger partial charge is 0.394 e. The molecule has 1 fully saturated rings. The van der Waals surface area contributed by atoms with E-state index in [1.165, 1.54) is 17.9 Å². The van der Waals surface area contributed by atoms with Crippen LogP contribution in [0.15, 0.2) is 55.0 Å². The van der Waals surface area contributed by atoms with Gasteiger partial charge in [-0.1, -0.05) is 19.1 Å². The summed E-state index contributed by atoms with van der Waals surface area (Å²) in [5.41, 5.74) is 1.89. The molecule has 3 aromatic rings. The summed E-state index contributed by atoms with van der Waals surface area (Å²) in [6.07, 6.45) is 2.69. The van der Waals surface area contributed by atoms with Crippen LogP contribution in [0.25, 0.3) is 16.6 Å². The summed E-state index contributed by atoms with van der Waals surface area (Å²) in [4.78, 5) is 6.23. The van der Waals surface area contributed by atoms with Crippen LogP contribution < -0.4 is 0 Å². The number of aromatic nitrogens is 2. The minimum absolute atomic E-state index is 0.180. The lowest BCUT2D eigenvalue weighted by Crippen LogP contribution is -2.46. The van der Waals surface area contributed by atoms with Crippen molar-refractivity contribution in [1.29, 1.82) is 0 Å². The number of piperidine rings is 1. The van der Waals surface area contributed by atoms with E-state index in [2.05, 4.69) is 38.8 Å². The third-order valence-electron chi connectivity index (χ3n) is 6.11. The highest BCUT2D eigenvalue weighted by atomic mass is 19.4. The van der Waals surface area contributed by atoms with Crippen molar-refractivity contribution in [2.45, 2.75) is 32.4 Å². The fraction of sp³-hybridized carbons (Fsp3) is 0.409. The van der Waals surface area contributed by atoms with Gasteiger partial charge in [-0.05, 0) is 62.2 Å². The minimum atomic E-state index is -4.11.